The molecule has 1 saturated heterocycles. The minimum atomic E-state index is -4.16. The summed E-state index contributed by atoms with van der Waals surface area (Å²) in [4.78, 5) is 11.8. The smallest absolute Gasteiger partial charge is 0.357 e. The lowest BCUT2D eigenvalue weighted by atomic mass is 10.2. The van der Waals surface area contributed by atoms with E-state index in [9.17, 15) is 13.2 Å². The van der Waals surface area contributed by atoms with Crippen molar-refractivity contribution in [3.05, 3.63) is 40.9 Å². The van der Waals surface area contributed by atoms with Crippen LogP contribution in [0.2, 0.25) is 0 Å². The van der Waals surface area contributed by atoms with Crippen LogP contribution in [-0.4, -0.2) is 54.2 Å². The number of aromatic nitrogens is 1. The highest BCUT2D eigenvalue weighted by molar-refractivity contribution is 14.0. The molecule has 2 heterocycles. The monoisotopic (exact) mass is 553 g/mol. The van der Waals surface area contributed by atoms with Crippen molar-refractivity contribution in [2.75, 3.05) is 26.2 Å². The summed E-state index contributed by atoms with van der Waals surface area (Å²) >= 11 is 1.62. The topological polar surface area (TPSA) is 52.6 Å². The van der Waals surface area contributed by atoms with Crippen LogP contribution in [0.25, 0.3) is 10.6 Å². The van der Waals surface area contributed by atoms with Crippen molar-refractivity contribution >= 4 is 41.3 Å². The molecule has 1 aromatic heterocycles. The lowest BCUT2D eigenvalue weighted by Gasteiger charge is -2.19. The molecular weight excluding hydrogens is 526 g/mol. The van der Waals surface area contributed by atoms with E-state index >= 15 is 0 Å². The fraction of sp³-hybridized carbons (Fsp3) is 0.500. The molecule has 0 amide bonds. The van der Waals surface area contributed by atoms with Crippen molar-refractivity contribution in [1.29, 1.82) is 0 Å². The summed E-state index contributed by atoms with van der Waals surface area (Å²) in [6, 6.07) is 9.97. The van der Waals surface area contributed by atoms with Crippen molar-refractivity contribution in [3.8, 4) is 10.6 Å². The van der Waals surface area contributed by atoms with Crippen LogP contribution in [0.4, 0.5) is 13.2 Å². The molecule has 2 aromatic rings. The predicted molar refractivity (Wildman–Crippen MR) is 127 cm³/mol. The van der Waals surface area contributed by atoms with Crippen LogP contribution in [0.5, 0.6) is 0 Å². The number of hydrogen-bond donors (Lipinski definition) is 2. The second-order valence-electron chi connectivity index (χ2n) is 7.07. The molecule has 0 bridgehead atoms. The van der Waals surface area contributed by atoms with E-state index in [1.54, 1.807) is 11.3 Å². The van der Waals surface area contributed by atoms with Crippen LogP contribution < -0.4 is 10.6 Å². The summed E-state index contributed by atoms with van der Waals surface area (Å²) in [5, 5.41) is 7.42. The first-order chi connectivity index (χ1) is 13.8. The van der Waals surface area contributed by atoms with Crippen molar-refractivity contribution in [2.24, 2.45) is 4.99 Å². The number of aliphatic imine (C=N–C) groups is 1. The number of guanidine groups is 1. The van der Waals surface area contributed by atoms with Gasteiger partial charge in [-0.25, -0.2) is 9.98 Å². The second kappa shape index (κ2) is 11.3. The summed E-state index contributed by atoms with van der Waals surface area (Å²) < 4.78 is 37.8. The maximum atomic E-state index is 12.6. The van der Waals surface area contributed by atoms with E-state index in [0.29, 0.717) is 38.6 Å². The molecule has 1 unspecified atom stereocenters. The fourth-order valence-electron chi connectivity index (χ4n) is 3.29. The predicted octanol–water partition coefficient (Wildman–Crippen LogP) is 4.43. The molecule has 1 aromatic carbocycles. The van der Waals surface area contributed by atoms with Gasteiger partial charge in [-0.2, -0.15) is 13.2 Å². The molecule has 1 atom stereocenters. The van der Waals surface area contributed by atoms with Crippen LogP contribution >= 0.6 is 35.3 Å². The number of benzene rings is 1. The van der Waals surface area contributed by atoms with Gasteiger partial charge in [0.15, 0.2) is 5.96 Å². The van der Waals surface area contributed by atoms with Crippen molar-refractivity contribution in [1.82, 2.24) is 20.5 Å². The third kappa shape index (κ3) is 7.38. The van der Waals surface area contributed by atoms with Crippen LogP contribution in [0.15, 0.2) is 35.3 Å². The number of aryl methyl sites for hydroxylation is 1. The van der Waals surface area contributed by atoms with Crippen LogP contribution in [-0.2, 0) is 6.54 Å². The maximum absolute atomic E-state index is 12.6. The van der Waals surface area contributed by atoms with Gasteiger partial charge < -0.3 is 10.6 Å². The van der Waals surface area contributed by atoms with Gasteiger partial charge in [0.25, 0.3) is 0 Å². The second-order valence-corrected chi connectivity index (χ2v) is 8.15. The van der Waals surface area contributed by atoms with Gasteiger partial charge in [-0.15, -0.1) is 35.3 Å². The molecular formula is C20H27F3IN5S. The zero-order chi connectivity index (χ0) is 20.9. The van der Waals surface area contributed by atoms with Gasteiger partial charge in [-0.3, -0.25) is 4.90 Å². The first kappa shape index (κ1) is 24.9. The summed E-state index contributed by atoms with van der Waals surface area (Å²) in [5.74, 6) is 0.625. The third-order valence-corrected chi connectivity index (χ3v) is 5.85. The molecule has 2 N–H and O–H groups in total. The summed E-state index contributed by atoms with van der Waals surface area (Å²) in [5.41, 5.74) is 2.03. The number of rotatable bonds is 6. The third-order valence-electron chi connectivity index (χ3n) is 4.65. The lowest BCUT2D eigenvalue weighted by Crippen LogP contribution is -2.45. The minimum absolute atomic E-state index is 0. The average molecular weight is 553 g/mol. The molecule has 1 aliphatic rings. The molecule has 3 rings (SSSR count). The summed E-state index contributed by atoms with van der Waals surface area (Å²) in [7, 11) is 0. The number of nitrogens with zero attached hydrogens (tertiary/aromatic N) is 3. The summed E-state index contributed by atoms with van der Waals surface area (Å²) in [6.45, 7) is 5.04. The van der Waals surface area contributed by atoms with Gasteiger partial charge >= 0.3 is 6.18 Å². The molecule has 10 heteroatoms. The number of thiazole rings is 1. The highest BCUT2D eigenvalue weighted by Gasteiger charge is 2.34. The van der Waals surface area contributed by atoms with E-state index in [-0.39, 0.29) is 30.0 Å². The Bertz CT molecular complexity index is 826. The highest BCUT2D eigenvalue weighted by Crippen LogP contribution is 2.28. The summed E-state index contributed by atoms with van der Waals surface area (Å²) in [6.07, 6.45) is -3.49. The molecule has 30 heavy (non-hydrogen) atoms. The Kier molecular flexibility index (Phi) is 9.35. The zero-order valence-electron chi connectivity index (χ0n) is 17.0. The normalized spacial score (nSPS) is 17.6. The molecule has 0 radical (unpaired) electrons. The van der Waals surface area contributed by atoms with E-state index < -0.39 is 12.7 Å². The Hall–Kier alpha value is -1.40. The van der Waals surface area contributed by atoms with Crippen LogP contribution in [0, 0.1) is 6.92 Å². The van der Waals surface area contributed by atoms with Gasteiger partial charge in [-0.05, 0) is 20.3 Å². The largest absolute Gasteiger partial charge is 0.401 e. The molecule has 0 aliphatic carbocycles. The van der Waals surface area contributed by atoms with E-state index in [1.807, 2.05) is 44.2 Å². The first-order valence-corrected chi connectivity index (χ1v) is 10.5. The maximum Gasteiger partial charge on any atom is 0.401 e. The molecule has 1 aliphatic heterocycles. The SMILES string of the molecule is CCNC(=NCc1sc(-c2ccccc2)nc1C)NC1CCN(CC(F)(F)F)C1.I. The zero-order valence-corrected chi connectivity index (χ0v) is 20.1. The number of hydrogen-bond acceptors (Lipinski definition) is 4. The van der Waals surface area contributed by atoms with Gasteiger partial charge in [0.05, 0.1) is 18.8 Å². The van der Waals surface area contributed by atoms with E-state index in [1.165, 1.54) is 4.90 Å². The van der Waals surface area contributed by atoms with E-state index in [4.69, 9.17) is 0 Å². The Morgan fingerprint density at radius 1 is 1.30 bits per heavy atom. The van der Waals surface area contributed by atoms with Crippen molar-refractivity contribution < 1.29 is 13.2 Å². The highest BCUT2D eigenvalue weighted by atomic mass is 127. The Morgan fingerprint density at radius 3 is 2.70 bits per heavy atom. The van der Waals surface area contributed by atoms with Crippen LogP contribution in [0.1, 0.15) is 23.9 Å². The Labute approximate surface area is 196 Å². The minimum Gasteiger partial charge on any atom is -0.357 e. The van der Waals surface area contributed by atoms with Gasteiger partial charge in [0.1, 0.15) is 5.01 Å². The van der Waals surface area contributed by atoms with E-state index in [0.717, 1.165) is 21.1 Å². The van der Waals surface area contributed by atoms with Crippen LogP contribution in [0.3, 0.4) is 0 Å². The quantitative estimate of drug-likeness (QED) is 0.316. The molecule has 0 spiro atoms. The number of halogens is 4. The lowest BCUT2D eigenvalue weighted by molar-refractivity contribution is -0.143. The van der Waals surface area contributed by atoms with Gasteiger partial charge in [-0.1, -0.05) is 30.3 Å². The first-order valence-electron chi connectivity index (χ1n) is 9.69. The van der Waals surface area contributed by atoms with Gasteiger partial charge in [0.2, 0.25) is 0 Å². The fourth-order valence-corrected chi connectivity index (χ4v) is 4.28. The Balaban J connectivity index is 0.00000320. The molecule has 5 nitrogen and oxygen atoms in total. The van der Waals surface area contributed by atoms with Crippen molar-refractivity contribution in [2.45, 2.75) is 39.0 Å². The van der Waals surface area contributed by atoms with Crippen molar-refractivity contribution in [3.63, 3.8) is 0 Å². The molecule has 166 valence electrons. The number of likely N-dealkylation sites (tertiary alicyclic amines) is 1. The standard InChI is InChI=1S/C20H26F3N5S.HI/c1-3-24-19(27-16-9-10-28(12-16)13-20(21,22)23)25-11-17-14(2)26-18(29-17)15-7-5-4-6-8-15;/h4-8,16H,3,9-13H2,1-2H3,(H2,24,25,27);1H. The van der Waals surface area contributed by atoms with Gasteiger partial charge in [0, 0.05) is 36.1 Å². The number of nitrogens with one attached hydrogen (secondary N) is 2. The average Bonchev–Trinajstić information content (AvgIpc) is 3.25. The number of alkyl halides is 3. The molecule has 1 fully saturated rings. The van der Waals surface area contributed by atoms with E-state index in [2.05, 4.69) is 20.6 Å². The Morgan fingerprint density at radius 2 is 2.03 bits per heavy atom. The molecule has 0 saturated carbocycles.